The van der Waals surface area contributed by atoms with Crippen molar-refractivity contribution in [2.24, 2.45) is 5.92 Å². The molecule has 1 aromatic rings. The summed E-state index contributed by atoms with van der Waals surface area (Å²) in [5.74, 6) is 0.411. The molecule has 128 valence electrons. The van der Waals surface area contributed by atoms with Crippen molar-refractivity contribution in [3.8, 4) is 0 Å². The van der Waals surface area contributed by atoms with Crippen LogP contribution in [0.4, 0.5) is 10.5 Å². The van der Waals surface area contributed by atoms with Gasteiger partial charge in [-0.1, -0.05) is 12.1 Å². The van der Waals surface area contributed by atoms with E-state index in [2.05, 4.69) is 5.32 Å². The number of hydrogen-bond acceptors (Lipinski definition) is 4. The second-order valence-corrected chi connectivity index (χ2v) is 7.17. The lowest BCUT2D eigenvalue weighted by Gasteiger charge is -2.34. The molecule has 0 saturated carbocycles. The molecule has 5 heteroatoms. The van der Waals surface area contributed by atoms with E-state index in [9.17, 15) is 9.90 Å². The van der Waals surface area contributed by atoms with Crippen LogP contribution in [0.3, 0.4) is 0 Å². The lowest BCUT2D eigenvalue weighted by Crippen LogP contribution is -2.44. The number of anilines is 1. The number of nitrogens with zero attached hydrogens (tertiary/aromatic N) is 1. The quantitative estimate of drug-likeness (QED) is 0.894. The van der Waals surface area contributed by atoms with E-state index in [1.165, 1.54) is 0 Å². The minimum atomic E-state index is -0.451. The van der Waals surface area contributed by atoms with Gasteiger partial charge in [0.1, 0.15) is 5.60 Å². The van der Waals surface area contributed by atoms with Crippen LogP contribution in [0, 0.1) is 5.92 Å². The Labute approximate surface area is 138 Å². The van der Waals surface area contributed by atoms with Gasteiger partial charge in [0.05, 0.1) is 6.61 Å². The van der Waals surface area contributed by atoms with Crippen LogP contribution < -0.4 is 5.32 Å². The predicted octanol–water partition coefficient (Wildman–Crippen LogP) is 3.24. The van der Waals surface area contributed by atoms with Crippen molar-refractivity contribution in [1.29, 1.82) is 0 Å². The van der Waals surface area contributed by atoms with Gasteiger partial charge in [-0.05, 0) is 57.2 Å². The predicted molar refractivity (Wildman–Crippen MR) is 91.4 cm³/mol. The van der Waals surface area contributed by atoms with Crippen LogP contribution in [0.5, 0.6) is 0 Å². The van der Waals surface area contributed by atoms with E-state index in [4.69, 9.17) is 4.74 Å². The van der Waals surface area contributed by atoms with Crippen molar-refractivity contribution < 1.29 is 14.6 Å². The smallest absolute Gasteiger partial charge is 0.410 e. The second kappa shape index (κ2) is 7.68. The minimum absolute atomic E-state index is 0.0470. The highest BCUT2D eigenvalue weighted by Gasteiger charge is 2.27. The molecule has 1 aliphatic rings. The van der Waals surface area contributed by atoms with Crippen molar-refractivity contribution in [2.75, 3.05) is 25.0 Å². The maximum absolute atomic E-state index is 12.2. The molecule has 1 heterocycles. The first-order valence-electron chi connectivity index (χ1n) is 8.29. The SMILES string of the molecule is CC(C)(C)OC(=O)N1CCCC(CNc2cccc(CO)c2)C1. The van der Waals surface area contributed by atoms with E-state index in [0.29, 0.717) is 5.92 Å². The summed E-state index contributed by atoms with van der Waals surface area (Å²) in [7, 11) is 0. The Kier molecular flexibility index (Phi) is 5.88. The Hall–Kier alpha value is -1.75. The monoisotopic (exact) mass is 320 g/mol. The Morgan fingerprint density at radius 1 is 1.43 bits per heavy atom. The summed E-state index contributed by atoms with van der Waals surface area (Å²) in [5.41, 5.74) is 1.45. The molecule has 1 aliphatic heterocycles. The normalized spacial score (nSPS) is 18.6. The molecule has 0 spiro atoms. The van der Waals surface area contributed by atoms with Crippen LogP contribution in [0.2, 0.25) is 0 Å². The first-order chi connectivity index (χ1) is 10.9. The van der Waals surface area contributed by atoms with Crippen molar-refractivity contribution in [2.45, 2.75) is 45.8 Å². The van der Waals surface area contributed by atoms with Gasteiger partial charge in [-0.3, -0.25) is 0 Å². The van der Waals surface area contributed by atoms with Gasteiger partial charge in [-0.25, -0.2) is 4.79 Å². The number of carbonyl (C=O) groups is 1. The number of hydrogen-bond donors (Lipinski definition) is 2. The van der Waals surface area contributed by atoms with Crippen LogP contribution in [0.15, 0.2) is 24.3 Å². The van der Waals surface area contributed by atoms with Gasteiger partial charge in [0.25, 0.3) is 0 Å². The first-order valence-corrected chi connectivity index (χ1v) is 8.29. The molecule has 2 N–H and O–H groups in total. The zero-order valence-electron chi connectivity index (χ0n) is 14.3. The van der Waals surface area contributed by atoms with Gasteiger partial charge in [0.15, 0.2) is 0 Å². The molecule has 1 unspecified atom stereocenters. The number of amides is 1. The molecule has 1 aromatic carbocycles. The van der Waals surface area contributed by atoms with Gasteiger partial charge in [-0.2, -0.15) is 0 Å². The minimum Gasteiger partial charge on any atom is -0.444 e. The highest BCUT2D eigenvalue weighted by atomic mass is 16.6. The lowest BCUT2D eigenvalue weighted by atomic mass is 9.98. The van der Waals surface area contributed by atoms with Crippen LogP contribution >= 0.6 is 0 Å². The highest BCUT2D eigenvalue weighted by molar-refractivity contribution is 5.68. The van der Waals surface area contributed by atoms with E-state index < -0.39 is 5.60 Å². The van der Waals surface area contributed by atoms with Gasteiger partial charge in [0, 0.05) is 25.3 Å². The molecule has 0 aliphatic carbocycles. The van der Waals surface area contributed by atoms with Gasteiger partial charge in [0.2, 0.25) is 0 Å². The summed E-state index contributed by atoms with van der Waals surface area (Å²) in [6, 6.07) is 7.78. The number of aliphatic hydroxyl groups excluding tert-OH is 1. The first kappa shape index (κ1) is 17.6. The number of likely N-dealkylation sites (tertiary alicyclic amines) is 1. The summed E-state index contributed by atoms with van der Waals surface area (Å²) >= 11 is 0. The fourth-order valence-electron chi connectivity index (χ4n) is 2.77. The number of carbonyl (C=O) groups excluding carboxylic acids is 1. The van der Waals surface area contributed by atoms with Crippen LogP contribution in [-0.2, 0) is 11.3 Å². The van der Waals surface area contributed by atoms with Crippen molar-refractivity contribution in [3.63, 3.8) is 0 Å². The maximum atomic E-state index is 12.2. The molecule has 2 rings (SSSR count). The summed E-state index contributed by atoms with van der Waals surface area (Å²) in [4.78, 5) is 14.0. The van der Waals surface area contributed by atoms with E-state index in [-0.39, 0.29) is 12.7 Å². The van der Waals surface area contributed by atoms with E-state index in [1.54, 1.807) is 0 Å². The maximum Gasteiger partial charge on any atom is 0.410 e. The third kappa shape index (κ3) is 5.75. The summed E-state index contributed by atoms with van der Waals surface area (Å²) in [6.45, 7) is 8.03. The lowest BCUT2D eigenvalue weighted by molar-refractivity contribution is 0.0172. The number of ether oxygens (including phenoxy) is 1. The number of piperidine rings is 1. The largest absolute Gasteiger partial charge is 0.444 e. The molecule has 1 amide bonds. The molecule has 1 atom stereocenters. The Morgan fingerprint density at radius 3 is 2.91 bits per heavy atom. The van der Waals surface area contributed by atoms with Crippen molar-refractivity contribution in [1.82, 2.24) is 4.90 Å². The van der Waals surface area contributed by atoms with Gasteiger partial charge < -0.3 is 20.1 Å². The summed E-state index contributed by atoms with van der Waals surface area (Å²) in [5, 5.41) is 12.6. The molecule has 1 saturated heterocycles. The standard InChI is InChI=1S/C18H28N2O3/c1-18(2,3)23-17(22)20-9-5-7-15(12-20)11-19-16-8-4-6-14(10-16)13-21/h4,6,8,10,15,19,21H,5,7,9,11-13H2,1-3H3. The Bertz CT molecular complexity index is 525. The third-order valence-electron chi connectivity index (χ3n) is 3.88. The summed E-state index contributed by atoms with van der Waals surface area (Å²) < 4.78 is 5.46. The van der Waals surface area contributed by atoms with E-state index >= 15 is 0 Å². The molecular formula is C18H28N2O3. The molecular weight excluding hydrogens is 292 g/mol. The van der Waals surface area contributed by atoms with Crippen LogP contribution in [-0.4, -0.2) is 41.3 Å². The molecule has 1 fully saturated rings. The van der Waals surface area contributed by atoms with Crippen LogP contribution in [0.25, 0.3) is 0 Å². The molecule has 0 radical (unpaired) electrons. The topological polar surface area (TPSA) is 61.8 Å². The zero-order valence-corrected chi connectivity index (χ0v) is 14.3. The molecule has 5 nitrogen and oxygen atoms in total. The van der Waals surface area contributed by atoms with Crippen LogP contribution in [0.1, 0.15) is 39.2 Å². The molecule has 0 bridgehead atoms. The zero-order chi connectivity index (χ0) is 16.9. The third-order valence-corrected chi connectivity index (χ3v) is 3.88. The van der Waals surface area contributed by atoms with E-state index in [0.717, 1.165) is 43.7 Å². The number of rotatable bonds is 4. The van der Waals surface area contributed by atoms with E-state index in [1.807, 2.05) is 49.9 Å². The average Bonchev–Trinajstić information content (AvgIpc) is 2.52. The summed E-state index contributed by atoms with van der Waals surface area (Å²) in [6.07, 6.45) is 1.89. The fraction of sp³-hybridized carbons (Fsp3) is 0.611. The van der Waals surface area contributed by atoms with Crippen molar-refractivity contribution >= 4 is 11.8 Å². The Balaban J connectivity index is 1.85. The number of nitrogens with one attached hydrogen (secondary N) is 1. The molecule has 23 heavy (non-hydrogen) atoms. The fourth-order valence-corrected chi connectivity index (χ4v) is 2.77. The van der Waals surface area contributed by atoms with Gasteiger partial charge >= 0.3 is 6.09 Å². The molecule has 0 aromatic heterocycles. The number of benzene rings is 1. The second-order valence-electron chi connectivity index (χ2n) is 7.17. The average molecular weight is 320 g/mol. The number of aliphatic hydroxyl groups is 1. The van der Waals surface area contributed by atoms with Gasteiger partial charge in [-0.15, -0.1) is 0 Å². The van der Waals surface area contributed by atoms with Crippen molar-refractivity contribution in [3.05, 3.63) is 29.8 Å². The Morgan fingerprint density at radius 2 is 2.22 bits per heavy atom. The highest BCUT2D eigenvalue weighted by Crippen LogP contribution is 2.20.